The van der Waals surface area contributed by atoms with Gasteiger partial charge in [-0.3, -0.25) is 14.5 Å². The largest absolute Gasteiger partial charge is 0.507 e. The number of carbonyl (C=O) groups is 2. The molecule has 1 unspecified atom stereocenters. The van der Waals surface area contributed by atoms with Crippen LogP contribution in [0.15, 0.2) is 42.0 Å². The summed E-state index contributed by atoms with van der Waals surface area (Å²) in [7, 11) is 0. The van der Waals surface area contributed by atoms with Gasteiger partial charge in [0.15, 0.2) is 11.5 Å². The molecule has 2 aromatic carbocycles. The van der Waals surface area contributed by atoms with Gasteiger partial charge in [-0.15, -0.1) is 0 Å². The lowest BCUT2D eigenvalue weighted by molar-refractivity contribution is -0.140. The van der Waals surface area contributed by atoms with Gasteiger partial charge in [-0.05, 0) is 35.9 Å². The second-order valence-corrected chi connectivity index (χ2v) is 9.31. The number of benzene rings is 2. The lowest BCUT2D eigenvalue weighted by Gasteiger charge is -2.31. The Bertz CT molecular complexity index is 1190. The highest BCUT2D eigenvalue weighted by Crippen LogP contribution is 2.43. The fourth-order valence-corrected chi connectivity index (χ4v) is 5.09. The van der Waals surface area contributed by atoms with Gasteiger partial charge >= 0.3 is 0 Å². The fourth-order valence-electron chi connectivity index (χ4n) is 4.58. The van der Waals surface area contributed by atoms with Crippen LogP contribution < -0.4 is 9.47 Å². The van der Waals surface area contributed by atoms with Crippen LogP contribution in [0.1, 0.15) is 17.2 Å². The normalized spacial score (nSPS) is 22.0. The molecule has 0 spiro atoms. The summed E-state index contributed by atoms with van der Waals surface area (Å²) in [5, 5.41) is 12.0. The summed E-state index contributed by atoms with van der Waals surface area (Å²) in [5.74, 6) is -0.743. The molecular formula is C25H24Cl2N2O6. The van der Waals surface area contributed by atoms with Crippen LogP contribution in [0.2, 0.25) is 10.0 Å². The predicted molar refractivity (Wildman–Crippen MR) is 130 cm³/mol. The van der Waals surface area contributed by atoms with E-state index >= 15 is 0 Å². The van der Waals surface area contributed by atoms with Crippen molar-refractivity contribution in [2.75, 3.05) is 52.6 Å². The molecule has 3 aliphatic rings. The number of ether oxygens (including phenoxy) is 3. The molecule has 35 heavy (non-hydrogen) atoms. The van der Waals surface area contributed by atoms with Gasteiger partial charge in [0.1, 0.15) is 19.0 Å². The summed E-state index contributed by atoms with van der Waals surface area (Å²) >= 11 is 12.6. The van der Waals surface area contributed by atoms with Crippen molar-refractivity contribution in [1.82, 2.24) is 9.80 Å². The third kappa shape index (κ3) is 4.71. The number of morpholine rings is 1. The second-order valence-electron chi connectivity index (χ2n) is 8.47. The van der Waals surface area contributed by atoms with Crippen molar-refractivity contribution < 1.29 is 28.9 Å². The SMILES string of the molecule is O=C1C(=O)N(CCN2CCOCC2)C(c2ccc(Cl)cc2Cl)/C1=C(/O)c1ccc2c(c1)OCCO2. The zero-order valence-electron chi connectivity index (χ0n) is 18.8. The number of likely N-dealkylation sites (tertiary alicyclic amines) is 1. The van der Waals surface area contributed by atoms with E-state index in [1.165, 1.54) is 4.90 Å². The maximum Gasteiger partial charge on any atom is 0.295 e. The van der Waals surface area contributed by atoms with E-state index in [4.69, 9.17) is 37.4 Å². The van der Waals surface area contributed by atoms with E-state index in [2.05, 4.69) is 4.90 Å². The molecule has 2 aromatic rings. The molecule has 10 heteroatoms. The van der Waals surface area contributed by atoms with Crippen molar-refractivity contribution in [2.24, 2.45) is 0 Å². The molecule has 5 rings (SSSR count). The lowest BCUT2D eigenvalue weighted by Crippen LogP contribution is -2.42. The molecule has 1 atom stereocenters. The number of nitrogens with zero attached hydrogens (tertiary/aromatic N) is 2. The van der Waals surface area contributed by atoms with Crippen LogP contribution in [0.4, 0.5) is 0 Å². The molecule has 8 nitrogen and oxygen atoms in total. The maximum atomic E-state index is 13.3. The van der Waals surface area contributed by atoms with E-state index in [-0.39, 0.29) is 17.9 Å². The quantitative estimate of drug-likeness (QED) is 0.368. The molecule has 3 aliphatic heterocycles. The lowest BCUT2D eigenvalue weighted by atomic mass is 9.95. The van der Waals surface area contributed by atoms with E-state index in [9.17, 15) is 14.7 Å². The van der Waals surface area contributed by atoms with Gasteiger partial charge in [-0.25, -0.2) is 0 Å². The first-order chi connectivity index (χ1) is 16.9. The van der Waals surface area contributed by atoms with Crippen LogP contribution in [0.5, 0.6) is 11.5 Å². The number of rotatable bonds is 5. The average molecular weight is 519 g/mol. The van der Waals surface area contributed by atoms with Gasteiger partial charge in [0, 0.05) is 41.8 Å². The minimum absolute atomic E-state index is 0.0297. The Hall–Kier alpha value is -2.78. The number of aliphatic hydroxyl groups excluding tert-OH is 1. The zero-order valence-corrected chi connectivity index (χ0v) is 20.3. The molecule has 1 amide bonds. The number of halogens is 2. The minimum atomic E-state index is -0.867. The van der Waals surface area contributed by atoms with Gasteiger partial charge in [0.05, 0.1) is 24.8 Å². The van der Waals surface area contributed by atoms with Crippen LogP contribution in [0.3, 0.4) is 0 Å². The van der Waals surface area contributed by atoms with Gasteiger partial charge in [-0.2, -0.15) is 0 Å². The first kappa shape index (κ1) is 23.9. The molecule has 0 saturated carbocycles. The van der Waals surface area contributed by atoms with Crippen LogP contribution >= 0.6 is 23.2 Å². The summed E-state index contributed by atoms with van der Waals surface area (Å²) in [4.78, 5) is 30.1. The number of Topliss-reactive ketones (excluding diaryl/α,β-unsaturated/α-hetero) is 1. The van der Waals surface area contributed by atoms with Crippen molar-refractivity contribution in [1.29, 1.82) is 0 Å². The van der Waals surface area contributed by atoms with Gasteiger partial charge < -0.3 is 24.2 Å². The molecule has 2 fully saturated rings. The Morgan fingerprint density at radius 3 is 2.43 bits per heavy atom. The standard InChI is InChI=1S/C25H24Cl2N2O6/c26-16-2-3-17(18(27)14-16)22-21(23(30)15-1-4-19-20(13-15)35-12-11-34-19)24(31)25(32)29(22)6-5-28-7-9-33-10-8-28/h1-4,13-14,22,30H,5-12H2/b23-21-. The number of aliphatic hydroxyl groups is 1. The molecule has 0 radical (unpaired) electrons. The van der Waals surface area contributed by atoms with E-state index < -0.39 is 17.7 Å². The monoisotopic (exact) mass is 518 g/mol. The molecule has 0 aromatic heterocycles. The van der Waals surface area contributed by atoms with Gasteiger partial charge in [-0.1, -0.05) is 29.3 Å². The topological polar surface area (TPSA) is 88.5 Å². The molecule has 2 saturated heterocycles. The Morgan fingerprint density at radius 1 is 0.943 bits per heavy atom. The minimum Gasteiger partial charge on any atom is -0.507 e. The third-order valence-electron chi connectivity index (χ3n) is 6.37. The average Bonchev–Trinajstić information content (AvgIpc) is 3.12. The third-order valence-corrected chi connectivity index (χ3v) is 6.94. The molecule has 0 aliphatic carbocycles. The number of ketones is 1. The summed E-state index contributed by atoms with van der Waals surface area (Å²) < 4.78 is 16.6. The van der Waals surface area contributed by atoms with E-state index in [1.54, 1.807) is 36.4 Å². The smallest absolute Gasteiger partial charge is 0.295 e. The zero-order chi connectivity index (χ0) is 24.5. The number of amides is 1. The second kappa shape index (κ2) is 10.1. The van der Waals surface area contributed by atoms with E-state index in [0.717, 1.165) is 13.1 Å². The Morgan fingerprint density at radius 2 is 1.69 bits per heavy atom. The number of carbonyl (C=O) groups excluding carboxylic acids is 2. The number of fused-ring (bicyclic) bond motifs is 1. The van der Waals surface area contributed by atoms with Crippen molar-refractivity contribution in [3.8, 4) is 11.5 Å². The van der Waals surface area contributed by atoms with Crippen molar-refractivity contribution in [2.45, 2.75) is 6.04 Å². The maximum absolute atomic E-state index is 13.3. The predicted octanol–water partition coefficient (Wildman–Crippen LogP) is 3.52. The van der Waals surface area contributed by atoms with E-state index in [1.807, 2.05) is 0 Å². The highest BCUT2D eigenvalue weighted by Gasteiger charge is 2.46. The summed E-state index contributed by atoms with van der Waals surface area (Å²) in [6, 6.07) is 8.92. The Labute approximate surface area is 212 Å². The first-order valence-electron chi connectivity index (χ1n) is 11.4. The molecule has 0 bridgehead atoms. The summed E-state index contributed by atoms with van der Waals surface area (Å²) in [6.45, 7) is 4.38. The van der Waals surface area contributed by atoms with Crippen molar-refractivity contribution in [3.63, 3.8) is 0 Å². The highest BCUT2D eigenvalue weighted by atomic mass is 35.5. The summed E-state index contributed by atoms with van der Waals surface area (Å²) in [5.41, 5.74) is 0.824. The molecule has 3 heterocycles. The van der Waals surface area contributed by atoms with Crippen LogP contribution in [-0.2, 0) is 14.3 Å². The van der Waals surface area contributed by atoms with Crippen LogP contribution in [0.25, 0.3) is 5.76 Å². The molecule has 1 N–H and O–H groups in total. The van der Waals surface area contributed by atoms with Gasteiger partial charge in [0.25, 0.3) is 11.7 Å². The van der Waals surface area contributed by atoms with Crippen molar-refractivity contribution >= 4 is 40.7 Å². The highest BCUT2D eigenvalue weighted by molar-refractivity contribution is 6.47. The number of hydrogen-bond donors (Lipinski definition) is 1. The van der Waals surface area contributed by atoms with Crippen LogP contribution in [-0.4, -0.2) is 79.2 Å². The van der Waals surface area contributed by atoms with Gasteiger partial charge in [0.2, 0.25) is 0 Å². The van der Waals surface area contributed by atoms with Crippen molar-refractivity contribution in [3.05, 3.63) is 63.1 Å². The van der Waals surface area contributed by atoms with Crippen LogP contribution in [0, 0.1) is 0 Å². The fraction of sp³-hybridized carbons (Fsp3) is 0.360. The Balaban J connectivity index is 1.56. The first-order valence-corrected chi connectivity index (χ1v) is 12.1. The van der Waals surface area contributed by atoms with E-state index in [0.29, 0.717) is 65.6 Å². The molecular weight excluding hydrogens is 495 g/mol. The number of hydrogen-bond acceptors (Lipinski definition) is 7. The Kier molecular flexibility index (Phi) is 6.88. The summed E-state index contributed by atoms with van der Waals surface area (Å²) in [6.07, 6.45) is 0. The molecule has 184 valence electrons.